The molecule has 3 aromatic rings. The highest BCUT2D eigenvalue weighted by Crippen LogP contribution is 2.16. The number of carboxylic acids is 2. The van der Waals surface area contributed by atoms with Crippen molar-refractivity contribution < 1.29 is 24.5 Å². The number of carbonyl (C=O) groups is 2. The number of nitrogens with two attached hydrogens (primary N) is 1. The Morgan fingerprint density at radius 3 is 2.07 bits per heavy atom. The summed E-state index contributed by atoms with van der Waals surface area (Å²) in [7, 11) is 0. The van der Waals surface area contributed by atoms with Gasteiger partial charge in [0.15, 0.2) is 0 Å². The number of hydrogen-bond donors (Lipinski definition) is 3. The topological polar surface area (TPSA) is 110 Å². The van der Waals surface area contributed by atoms with Crippen molar-refractivity contribution in [3.63, 3.8) is 0 Å². The maximum atomic E-state index is 9.10. The van der Waals surface area contributed by atoms with Gasteiger partial charge < -0.3 is 20.7 Å². The predicted octanol–water partition coefficient (Wildman–Crippen LogP) is 3.70. The van der Waals surface area contributed by atoms with Gasteiger partial charge in [0.25, 0.3) is 0 Å². The minimum absolute atomic E-state index is 0.0112. The van der Waals surface area contributed by atoms with Crippen molar-refractivity contribution in [1.82, 2.24) is 0 Å². The molecule has 0 heterocycles. The van der Waals surface area contributed by atoms with E-state index >= 15 is 0 Å². The van der Waals surface area contributed by atoms with Crippen LogP contribution < -0.4 is 5.73 Å². The zero-order chi connectivity index (χ0) is 22.1. The Bertz CT molecular complexity index is 983. The first kappa shape index (κ1) is 23.1. The zero-order valence-corrected chi connectivity index (χ0v) is 17.2. The van der Waals surface area contributed by atoms with E-state index in [2.05, 4.69) is 74.5 Å². The largest absolute Gasteiger partial charge is 0.473 e. The van der Waals surface area contributed by atoms with E-state index in [9.17, 15) is 0 Å². The normalized spacial score (nSPS) is 11.4. The van der Waals surface area contributed by atoms with Crippen molar-refractivity contribution in [2.45, 2.75) is 32.9 Å². The molecule has 3 aromatic carbocycles. The number of hydrogen-bond acceptors (Lipinski definition) is 4. The summed E-state index contributed by atoms with van der Waals surface area (Å²) in [4.78, 5) is 18.2. The average molecular weight is 409 g/mol. The lowest BCUT2D eigenvalue weighted by atomic mass is 10.0. The molecule has 4 N–H and O–H groups in total. The SMILES string of the molecule is Cc1cc(C)cc(COCC(N)Cc2ccc3ccccc3c2)c1.O=C(O)C(=O)O. The monoisotopic (exact) mass is 409 g/mol. The lowest BCUT2D eigenvalue weighted by molar-refractivity contribution is -0.159. The summed E-state index contributed by atoms with van der Waals surface area (Å²) >= 11 is 0. The highest BCUT2D eigenvalue weighted by atomic mass is 16.5. The van der Waals surface area contributed by atoms with Crippen LogP contribution in [0.1, 0.15) is 22.3 Å². The van der Waals surface area contributed by atoms with Gasteiger partial charge in [-0.15, -0.1) is 0 Å². The molecule has 0 aliphatic rings. The first-order valence-corrected chi connectivity index (χ1v) is 9.59. The number of aryl methyl sites for hydroxylation is 2. The minimum atomic E-state index is -1.82. The van der Waals surface area contributed by atoms with Crippen LogP contribution in [0.15, 0.2) is 60.7 Å². The van der Waals surface area contributed by atoms with Gasteiger partial charge in [0.2, 0.25) is 0 Å². The maximum absolute atomic E-state index is 9.10. The number of rotatable bonds is 6. The van der Waals surface area contributed by atoms with Gasteiger partial charge in [0.05, 0.1) is 13.2 Å². The number of fused-ring (bicyclic) bond motifs is 1. The molecule has 0 aliphatic carbocycles. The highest BCUT2D eigenvalue weighted by molar-refractivity contribution is 6.27. The quantitative estimate of drug-likeness (QED) is 0.536. The molecular weight excluding hydrogens is 382 g/mol. The molecule has 1 unspecified atom stereocenters. The Balaban J connectivity index is 0.000000469. The molecule has 0 fully saturated rings. The van der Waals surface area contributed by atoms with Gasteiger partial charge in [0, 0.05) is 6.04 Å². The Kier molecular flexibility index (Phi) is 8.53. The van der Waals surface area contributed by atoms with Crippen molar-refractivity contribution in [2.75, 3.05) is 6.61 Å². The van der Waals surface area contributed by atoms with E-state index in [-0.39, 0.29) is 6.04 Å². The molecule has 0 aromatic heterocycles. The van der Waals surface area contributed by atoms with E-state index in [1.165, 1.54) is 33.0 Å². The average Bonchev–Trinajstić information content (AvgIpc) is 2.67. The van der Waals surface area contributed by atoms with Gasteiger partial charge in [-0.3, -0.25) is 0 Å². The summed E-state index contributed by atoms with van der Waals surface area (Å²) in [6.45, 7) is 5.41. The van der Waals surface area contributed by atoms with E-state index in [4.69, 9.17) is 30.3 Å². The van der Waals surface area contributed by atoms with Crippen LogP contribution in [0.4, 0.5) is 0 Å². The van der Waals surface area contributed by atoms with Crippen molar-refractivity contribution >= 4 is 22.7 Å². The molecule has 0 bridgehead atoms. The second-order valence-electron chi connectivity index (χ2n) is 7.27. The third kappa shape index (κ3) is 7.66. The first-order valence-electron chi connectivity index (χ1n) is 9.59. The molecule has 0 saturated carbocycles. The van der Waals surface area contributed by atoms with E-state index in [1.54, 1.807) is 0 Å². The van der Waals surface area contributed by atoms with E-state index in [1.807, 2.05) is 0 Å². The molecule has 0 aliphatic heterocycles. The molecule has 0 saturated heterocycles. The number of carboxylic acid groups (broad SMARTS) is 2. The summed E-state index contributed by atoms with van der Waals surface area (Å²) in [6, 6.07) is 21.5. The fraction of sp³-hybridized carbons (Fsp3) is 0.250. The van der Waals surface area contributed by atoms with Crippen LogP contribution in [0, 0.1) is 13.8 Å². The molecule has 0 radical (unpaired) electrons. The Hall–Kier alpha value is -3.22. The van der Waals surface area contributed by atoms with E-state index in [0.29, 0.717) is 13.2 Å². The second kappa shape index (κ2) is 11.1. The van der Waals surface area contributed by atoms with Crippen LogP contribution in [-0.4, -0.2) is 34.8 Å². The first-order chi connectivity index (χ1) is 14.2. The van der Waals surface area contributed by atoms with Crippen LogP contribution >= 0.6 is 0 Å². The van der Waals surface area contributed by atoms with Gasteiger partial charge in [0.1, 0.15) is 0 Å². The number of benzene rings is 3. The van der Waals surface area contributed by atoms with Gasteiger partial charge in [-0.05, 0) is 42.2 Å². The van der Waals surface area contributed by atoms with Gasteiger partial charge in [-0.1, -0.05) is 71.8 Å². The lowest BCUT2D eigenvalue weighted by Gasteiger charge is -2.13. The summed E-state index contributed by atoms with van der Waals surface area (Å²) in [5.41, 5.74) is 11.3. The zero-order valence-electron chi connectivity index (χ0n) is 17.2. The van der Waals surface area contributed by atoms with Crippen molar-refractivity contribution in [3.8, 4) is 0 Å². The Morgan fingerprint density at radius 2 is 1.47 bits per heavy atom. The molecule has 158 valence electrons. The van der Waals surface area contributed by atoms with Crippen LogP contribution in [0.3, 0.4) is 0 Å². The predicted molar refractivity (Wildman–Crippen MR) is 116 cm³/mol. The van der Waals surface area contributed by atoms with Crippen LogP contribution in [0.25, 0.3) is 10.8 Å². The van der Waals surface area contributed by atoms with Crippen molar-refractivity contribution in [2.24, 2.45) is 5.73 Å². The molecule has 30 heavy (non-hydrogen) atoms. The highest BCUT2D eigenvalue weighted by Gasteiger charge is 2.06. The van der Waals surface area contributed by atoms with E-state index < -0.39 is 11.9 Å². The summed E-state index contributed by atoms with van der Waals surface area (Å²) in [5.74, 6) is -3.65. The van der Waals surface area contributed by atoms with Gasteiger partial charge >= 0.3 is 11.9 Å². The molecule has 3 rings (SSSR count). The summed E-state index contributed by atoms with van der Waals surface area (Å²) in [6.07, 6.45) is 0.831. The van der Waals surface area contributed by atoms with Crippen molar-refractivity contribution in [1.29, 1.82) is 0 Å². The standard InChI is InChI=1S/C22H25NO.C2H2O4/c1-16-9-17(2)11-19(10-16)14-24-15-22(23)13-18-7-8-20-5-3-4-6-21(20)12-18;3-1(4)2(5)6/h3-12,22H,13-15,23H2,1-2H3;(H,3,4)(H,5,6). The third-order valence-electron chi connectivity index (χ3n) is 4.38. The molecule has 0 spiro atoms. The molecular formula is C24H27NO5. The Labute approximate surface area is 175 Å². The van der Waals surface area contributed by atoms with Crippen LogP contribution in [0.5, 0.6) is 0 Å². The molecule has 6 heteroatoms. The van der Waals surface area contributed by atoms with Crippen LogP contribution in [0.2, 0.25) is 0 Å². The molecule has 1 atom stereocenters. The van der Waals surface area contributed by atoms with E-state index in [0.717, 1.165) is 6.42 Å². The van der Waals surface area contributed by atoms with Crippen LogP contribution in [-0.2, 0) is 27.4 Å². The second-order valence-corrected chi connectivity index (χ2v) is 7.27. The van der Waals surface area contributed by atoms with Gasteiger partial charge in [-0.25, -0.2) is 9.59 Å². The van der Waals surface area contributed by atoms with Gasteiger partial charge in [-0.2, -0.15) is 0 Å². The molecule has 6 nitrogen and oxygen atoms in total. The smallest absolute Gasteiger partial charge is 0.414 e. The van der Waals surface area contributed by atoms with Crippen molar-refractivity contribution in [3.05, 3.63) is 82.9 Å². The fourth-order valence-corrected chi connectivity index (χ4v) is 3.21. The Morgan fingerprint density at radius 1 is 0.867 bits per heavy atom. The fourth-order valence-electron chi connectivity index (χ4n) is 3.21. The maximum Gasteiger partial charge on any atom is 0.414 e. The number of ether oxygens (including phenoxy) is 1. The summed E-state index contributed by atoms with van der Waals surface area (Å²) < 4.78 is 5.83. The third-order valence-corrected chi connectivity index (χ3v) is 4.38. The minimum Gasteiger partial charge on any atom is -0.473 e. The summed E-state index contributed by atoms with van der Waals surface area (Å²) in [5, 5.41) is 17.3. The number of aliphatic carboxylic acids is 2. The molecule has 0 amide bonds. The lowest BCUT2D eigenvalue weighted by Crippen LogP contribution is -2.28.